The minimum Gasteiger partial charge on any atom is -0.494 e. The van der Waals surface area contributed by atoms with Gasteiger partial charge in [-0.05, 0) is 31.2 Å². The van der Waals surface area contributed by atoms with E-state index in [9.17, 15) is 9.59 Å². The van der Waals surface area contributed by atoms with E-state index in [1.807, 2.05) is 31.2 Å². The second-order valence-corrected chi connectivity index (χ2v) is 4.80. The van der Waals surface area contributed by atoms with Gasteiger partial charge in [-0.1, -0.05) is 11.8 Å². The average Bonchev–Trinajstić information content (AvgIpc) is 2.56. The second kappa shape index (κ2) is 7.36. The molecule has 0 amide bonds. The first-order chi connectivity index (χ1) is 11.0. The van der Waals surface area contributed by atoms with Gasteiger partial charge in [-0.2, -0.15) is 0 Å². The third-order valence-corrected chi connectivity index (χ3v) is 3.11. The molecule has 0 fully saturated rings. The fourth-order valence-corrected chi connectivity index (χ4v) is 1.93. The normalized spacial score (nSPS) is 9.87. The standard InChI is InChI=1S/C17H18N2O4/c1-4-22-14-9-7-13(8-10-14)6-5-11-23-15-12-18(2)17(21)19(3)16(15)20/h7-10,12H,4,11H2,1-3H3. The molecule has 6 nitrogen and oxygen atoms in total. The van der Waals surface area contributed by atoms with Crippen molar-refractivity contribution in [2.45, 2.75) is 6.92 Å². The Kier molecular flexibility index (Phi) is 5.26. The predicted molar refractivity (Wildman–Crippen MR) is 86.9 cm³/mol. The van der Waals surface area contributed by atoms with E-state index in [0.717, 1.165) is 15.9 Å². The topological polar surface area (TPSA) is 62.5 Å². The van der Waals surface area contributed by atoms with E-state index in [1.54, 1.807) is 7.05 Å². The van der Waals surface area contributed by atoms with E-state index in [4.69, 9.17) is 9.47 Å². The lowest BCUT2D eigenvalue weighted by Gasteiger charge is -2.06. The zero-order chi connectivity index (χ0) is 16.8. The Hall–Kier alpha value is -2.94. The molecule has 0 aliphatic heterocycles. The predicted octanol–water partition coefficient (Wildman–Crippen LogP) is 0.913. The number of nitrogens with zero attached hydrogens (tertiary/aromatic N) is 2. The Labute approximate surface area is 133 Å². The summed E-state index contributed by atoms with van der Waals surface area (Å²) in [7, 11) is 2.96. The summed E-state index contributed by atoms with van der Waals surface area (Å²) in [5.74, 6) is 6.66. The van der Waals surface area contributed by atoms with Crippen molar-refractivity contribution in [3.8, 4) is 23.3 Å². The van der Waals surface area contributed by atoms with Crippen LogP contribution in [-0.4, -0.2) is 22.3 Å². The Morgan fingerprint density at radius 3 is 2.43 bits per heavy atom. The molecule has 6 heteroatoms. The van der Waals surface area contributed by atoms with Crippen LogP contribution in [0.4, 0.5) is 0 Å². The van der Waals surface area contributed by atoms with Gasteiger partial charge in [0.15, 0.2) is 0 Å². The minimum absolute atomic E-state index is 0.0562. The molecule has 2 aromatic rings. The van der Waals surface area contributed by atoms with Crippen molar-refractivity contribution >= 4 is 0 Å². The van der Waals surface area contributed by atoms with Crippen molar-refractivity contribution in [2.24, 2.45) is 14.1 Å². The first-order valence-corrected chi connectivity index (χ1v) is 7.14. The highest BCUT2D eigenvalue weighted by atomic mass is 16.5. The van der Waals surface area contributed by atoms with Crippen molar-refractivity contribution in [1.82, 2.24) is 9.13 Å². The maximum atomic E-state index is 11.9. The molecule has 0 aliphatic rings. The largest absolute Gasteiger partial charge is 0.494 e. The molecular weight excluding hydrogens is 296 g/mol. The second-order valence-electron chi connectivity index (χ2n) is 4.80. The van der Waals surface area contributed by atoms with E-state index < -0.39 is 11.2 Å². The zero-order valence-corrected chi connectivity index (χ0v) is 13.3. The van der Waals surface area contributed by atoms with Crippen LogP contribution < -0.4 is 20.7 Å². The van der Waals surface area contributed by atoms with Gasteiger partial charge in [0.05, 0.1) is 12.8 Å². The van der Waals surface area contributed by atoms with E-state index >= 15 is 0 Å². The van der Waals surface area contributed by atoms with Crippen LogP contribution in [0.2, 0.25) is 0 Å². The van der Waals surface area contributed by atoms with Crippen LogP contribution in [0.1, 0.15) is 12.5 Å². The van der Waals surface area contributed by atoms with Gasteiger partial charge in [0.25, 0.3) is 5.56 Å². The van der Waals surface area contributed by atoms with Crippen molar-refractivity contribution < 1.29 is 9.47 Å². The van der Waals surface area contributed by atoms with Crippen LogP contribution in [-0.2, 0) is 14.1 Å². The van der Waals surface area contributed by atoms with Crippen molar-refractivity contribution in [3.63, 3.8) is 0 Å². The van der Waals surface area contributed by atoms with Crippen LogP contribution in [0.25, 0.3) is 0 Å². The molecule has 120 valence electrons. The summed E-state index contributed by atoms with van der Waals surface area (Å²) in [5, 5.41) is 0. The maximum Gasteiger partial charge on any atom is 0.330 e. The molecule has 0 saturated heterocycles. The molecule has 2 rings (SSSR count). The van der Waals surface area contributed by atoms with Gasteiger partial charge < -0.3 is 9.47 Å². The molecule has 0 spiro atoms. The zero-order valence-electron chi connectivity index (χ0n) is 13.3. The van der Waals surface area contributed by atoms with Crippen LogP contribution in [0, 0.1) is 11.8 Å². The highest BCUT2D eigenvalue weighted by Gasteiger charge is 2.06. The summed E-state index contributed by atoms with van der Waals surface area (Å²) in [5.41, 5.74) is -0.0517. The monoisotopic (exact) mass is 314 g/mol. The van der Waals surface area contributed by atoms with Crippen molar-refractivity contribution in [3.05, 3.63) is 56.9 Å². The number of benzene rings is 1. The summed E-state index contributed by atoms with van der Waals surface area (Å²) in [4.78, 5) is 23.4. The summed E-state index contributed by atoms with van der Waals surface area (Å²) in [6.07, 6.45) is 1.36. The third-order valence-electron chi connectivity index (χ3n) is 3.11. The molecular formula is C17H18N2O4. The summed E-state index contributed by atoms with van der Waals surface area (Å²) in [6, 6.07) is 7.39. The highest BCUT2D eigenvalue weighted by molar-refractivity contribution is 5.38. The van der Waals surface area contributed by atoms with E-state index in [0.29, 0.717) is 6.61 Å². The van der Waals surface area contributed by atoms with E-state index in [1.165, 1.54) is 17.8 Å². The van der Waals surface area contributed by atoms with Gasteiger partial charge >= 0.3 is 5.69 Å². The van der Waals surface area contributed by atoms with Crippen LogP contribution in [0.15, 0.2) is 40.1 Å². The van der Waals surface area contributed by atoms with Gasteiger partial charge in [0.2, 0.25) is 5.75 Å². The van der Waals surface area contributed by atoms with Gasteiger partial charge in [-0.15, -0.1) is 0 Å². The van der Waals surface area contributed by atoms with Crippen molar-refractivity contribution in [1.29, 1.82) is 0 Å². The molecule has 1 aromatic carbocycles. The quantitative estimate of drug-likeness (QED) is 0.787. The molecule has 1 aromatic heterocycles. The smallest absolute Gasteiger partial charge is 0.330 e. The SMILES string of the molecule is CCOc1ccc(C#CCOc2cn(C)c(=O)n(C)c2=O)cc1. The van der Waals surface area contributed by atoms with Crippen molar-refractivity contribution in [2.75, 3.05) is 13.2 Å². The lowest BCUT2D eigenvalue weighted by Crippen LogP contribution is -2.37. The third kappa shape index (κ3) is 4.04. The lowest BCUT2D eigenvalue weighted by atomic mass is 10.2. The summed E-state index contributed by atoms with van der Waals surface area (Å²) < 4.78 is 13.0. The first kappa shape index (κ1) is 16.4. The molecule has 0 bridgehead atoms. The molecule has 0 N–H and O–H groups in total. The number of hydrogen-bond acceptors (Lipinski definition) is 4. The Morgan fingerprint density at radius 1 is 1.09 bits per heavy atom. The average molecular weight is 314 g/mol. The fourth-order valence-electron chi connectivity index (χ4n) is 1.93. The number of aryl methyl sites for hydroxylation is 1. The lowest BCUT2D eigenvalue weighted by molar-refractivity contribution is 0.340. The number of hydrogen-bond donors (Lipinski definition) is 0. The summed E-state index contributed by atoms with van der Waals surface area (Å²) >= 11 is 0. The highest BCUT2D eigenvalue weighted by Crippen LogP contribution is 2.11. The number of rotatable bonds is 4. The molecule has 23 heavy (non-hydrogen) atoms. The van der Waals surface area contributed by atoms with Gasteiger partial charge in [0.1, 0.15) is 12.4 Å². The molecule has 0 unspecified atom stereocenters. The Balaban J connectivity index is 2.04. The van der Waals surface area contributed by atoms with Crippen LogP contribution in [0.3, 0.4) is 0 Å². The van der Waals surface area contributed by atoms with E-state index in [-0.39, 0.29) is 12.4 Å². The van der Waals surface area contributed by atoms with Gasteiger partial charge in [-0.25, -0.2) is 4.79 Å². The first-order valence-electron chi connectivity index (χ1n) is 7.14. The Morgan fingerprint density at radius 2 is 1.78 bits per heavy atom. The fraction of sp³-hybridized carbons (Fsp3) is 0.294. The minimum atomic E-state index is -0.476. The molecule has 0 saturated carbocycles. The van der Waals surface area contributed by atoms with Gasteiger partial charge in [-0.3, -0.25) is 13.9 Å². The number of aromatic nitrogens is 2. The Bertz CT molecular complexity index is 851. The molecule has 0 radical (unpaired) electrons. The molecule has 0 aliphatic carbocycles. The van der Waals surface area contributed by atoms with Crippen LogP contribution in [0.5, 0.6) is 11.5 Å². The number of ether oxygens (including phenoxy) is 2. The van der Waals surface area contributed by atoms with Crippen LogP contribution >= 0.6 is 0 Å². The maximum absolute atomic E-state index is 11.9. The summed E-state index contributed by atoms with van der Waals surface area (Å²) in [6.45, 7) is 2.60. The molecule has 0 atom stereocenters. The molecule has 1 heterocycles. The van der Waals surface area contributed by atoms with E-state index in [2.05, 4.69) is 11.8 Å². The van der Waals surface area contributed by atoms with Gasteiger partial charge in [0, 0.05) is 19.7 Å².